The van der Waals surface area contributed by atoms with Crippen LogP contribution in [-0.4, -0.2) is 58.8 Å². The Balaban J connectivity index is 2.41. The lowest BCUT2D eigenvalue weighted by Gasteiger charge is -2.19. The van der Waals surface area contributed by atoms with Crippen LogP contribution >= 0.6 is 0 Å². The monoisotopic (exact) mass is 427 g/mol. The van der Waals surface area contributed by atoms with E-state index in [9.17, 15) is 13.2 Å². The Hall–Kier alpha value is -2.33. The van der Waals surface area contributed by atoms with E-state index in [1.54, 1.807) is 45.0 Å². The zero-order valence-corrected chi connectivity index (χ0v) is 18.6. The van der Waals surface area contributed by atoms with Crippen LogP contribution in [0.25, 0.3) is 0 Å². The summed E-state index contributed by atoms with van der Waals surface area (Å²) in [5.41, 5.74) is 0.455. The van der Waals surface area contributed by atoms with Gasteiger partial charge in [-0.3, -0.25) is 4.99 Å². The first-order chi connectivity index (χ1) is 13.5. The molecule has 0 aliphatic heterocycles. The molecule has 0 radical (unpaired) electrons. The highest BCUT2D eigenvalue weighted by atomic mass is 32.2. The number of aryl methyl sites for hydroxylation is 1. The quantitative estimate of drug-likeness (QED) is 0.268. The normalized spacial score (nSPS) is 12.4. The van der Waals surface area contributed by atoms with Gasteiger partial charge in [0.1, 0.15) is 5.60 Å². The van der Waals surface area contributed by atoms with E-state index in [2.05, 4.69) is 25.7 Å². The zero-order chi connectivity index (χ0) is 21.9. The minimum atomic E-state index is -3.55. The smallest absolute Gasteiger partial charge is 0.407 e. The number of alkyl carbamates (subject to hydrolysis) is 1. The maximum Gasteiger partial charge on any atom is 0.407 e. The van der Waals surface area contributed by atoms with Crippen molar-refractivity contribution >= 4 is 22.1 Å². The average molecular weight is 428 g/mol. The Morgan fingerprint density at radius 2 is 1.66 bits per heavy atom. The van der Waals surface area contributed by atoms with Crippen LogP contribution in [0.1, 0.15) is 33.3 Å². The summed E-state index contributed by atoms with van der Waals surface area (Å²) in [7, 11) is -3.55. The van der Waals surface area contributed by atoms with Gasteiger partial charge < -0.3 is 20.7 Å². The molecule has 0 fully saturated rings. The van der Waals surface area contributed by atoms with Crippen LogP contribution in [-0.2, 0) is 14.8 Å². The fourth-order valence-electron chi connectivity index (χ4n) is 2.15. The lowest BCUT2D eigenvalue weighted by Crippen LogP contribution is -2.42. The molecular weight excluding hydrogens is 394 g/mol. The fraction of sp³-hybridized carbons (Fsp3) is 0.579. The Morgan fingerprint density at radius 3 is 2.24 bits per heavy atom. The zero-order valence-electron chi connectivity index (χ0n) is 17.8. The third-order valence-electron chi connectivity index (χ3n) is 3.43. The van der Waals surface area contributed by atoms with Crippen LogP contribution < -0.4 is 20.7 Å². The lowest BCUT2D eigenvalue weighted by molar-refractivity contribution is 0.0529. The van der Waals surface area contributed by atoms with Gasteiger partial charge >= 0.3 is 6.09 Å². The molecule has 0 spiro atoms. The first-order valence-electron chi connectivity index (χ1n) is 9.59. The molecule has 0 atom stereocenters. The number of benzene rings is 1. The maximum absolute atomic E-state index is 12.2. The molecule has 9 nitrogen and oxygen atoms in total. The van der Waals surface area contributed by atoms with Crippen molar-refractivity contribution in [1.29, 1.82) is 0 Å². The van der Waals surface area contributed by atoms with Gasteiger partial charge in [0, 0.05) is 26.2 Å². The maximum atomic E-state index is 12.2. The summed E-state index contributed by atoms with van der Waals surface area (Å²) in [6, 6.07) is 6.66. The summed E-state index contributed by atoms with van der Waals surface area (Å²) in [4.78, 5) is 16.1. The van der Waals surface area contributed by atoms with Gasteiger partial charge in [-0.2, -0.15) is 0 Å². The first kappa shape index (κ1) is 24.7. The van der Waals surface area contributed by atoms with E-state index in [4.69, 9.17) is 4.74 Å². The van der Waals surface area contributed by atoms with Crippen molar-refractivity contribution in [1.82, 2.24) is 20.7 Å². The van der Waals surface area contributed by atoms with Gasteiger partial charge in [0.05, 0.1) is 11.4 Å². The van der Waals surface area contributed by atoms with Crippen LogP contribution in [0.15, 0.2) is 34.2 Å². The third-order valence-corrected chi connectivity index (χ3v) is 4.91. The molecule has 0 aliphatic rings. The number of rotatable bonds is 9. The Morgan fingerprint density at radius 1 is 1.03 bits per heavy atom. The number of nitrogens with zero attached hydrogens (tertiary/aromatic N) is 1. The second-order valence-corrected chi connectivity index (χ2v) is 9.09. The Labute approximate surface area is 173 Å². The van der Waals surface area contributed by atoms with Crippen LogP contribution in [0.5, 0.6) is 0 Å². The average Bonchev–Trinajstić information content (AvgIpc) is 2.61. The standard InChI is InChI=1S/C19H33N5O4S/c1-6-20-17(21-11-12-23-18(25)28-19(3,4)5)22-13-14-24-29(26,27)16-9-7-15(2)8-10-16/h7-10,24H,6,11-14H2,1-5H3,(H,23,25)(H2,20,21,22). The molecule has 4 N–H and O–H groups in total. The number of carbonyl (C=O) groups is 1. The molecule has 164 valence electrons. The van der Waals surface area contributed by atoms with Crippen LogP contribution in [0.4, 0.5) is 4.79 Å². The summed E-state index contributed by atoms with van der Waals surface area (Å²) in [5.74, 6) is 0.535. The highest BCUT2D eigenvalue weighted by Gasteiger charge is 2.15. The highest BCUT2D eigenvalue weighted by Crippen LogP contribution is 2.09. The van der Waals surface area contributed by atoms with E-state index in [1.165, 1.54) is 0 Å². The number of aliphatic imine (C=N–C) groups is 1. The number of carbonyl (C=O) groups excluding carboxylic acids is 1. The molecule has 29 heavy (non-hydrogen) atoms. The molecule has 0 aliphatic carbocycles. The lowest BCUT2D eigenvalue weighted by atomic mass is 10.2. The van der Waals surface area contributed by atoms with Crippen LogP contribution in [0.3, 0.4) is 0 Å². The SMILES string of the molecule is CCNC(=NCCNS(=O)(=O)c1ccc(C)cc1)NCCNC(=O)OC(C)(C)C. The van der Waals surface area contributed by atoms with Crippen molar-refractivity contribution in [3.05, 3.63) is 29.8 Å². The third kappa shape index (κ3) is 10.7. The molecule has 10 heteroatoms. The van der Waals surface area contributed by atoms with Gasteiger partial charge in [0.15, 0.2) is 5.96 Å². The summed E-state index contributed by atoms with van der Waals surface area (Å²) in [5, 5.41) is 8.78. The molecular formula is C19H33N5O4S. The van der Waals surface area contributed by atoms with Crippen LogP contribution in [0, 0.1) is 6.92 Å². The largest absolute Gasteiger partial charge is 0.444 e. The van der Waals surface area contributed by atoms with Gasteiger partial charge in [-0.05, 0) is 46.8 Å². The highest BCUT2D eigenvalue weighted by molar-refractivity contribution is 7.89. The van der Waals surface area contributed by atoms with E-state index >= 15 is 0 Å². The Bertz CT molecular complexity index is 771. The van der Waals surface area contributed by atoms with Crippen molar-refractivity contribution < 1.29 is 17.9 Å². The van der Waals surface area contributed by atoms with Gasteiger partial charge in [-0.1, -0.05) is 17.7 Å². The summed E-state index contributed by atoms with van der Waals surface area (Å²) >= 11 is 0. The molecule has 0 aromatic heterocycles. The number of guanidine groups is 1. The molecule has 1 aromatic carbocycles. The van der Waals surface area contributed by atoms with Gasteiger partial charge in [0.2, 0.25) is 10.0 Å². The van der Waals surface area contributed by atoms with E-state index in [1.807, 2.05) is 13.8 Å². The fourth-order valence-corrected chi connectivity index (χ4v) is 3.17. The molecule has 1 aromatic rings. The number of nitrogens with one attached hydrogen (secondary N) is 4. The van der Waals surface area contributed by atoms with E-state index in [0.29, 0.717) is 25.6 Å². The van der Waals surface area contributed by atoms with Crippen LogP contribution in [0.2, 0.25) is 0 Å². The molecule has 1 rings (SSSR count). The van der Waals surface area contributed by atoms with Gasteiger partial charge in [-0.25, -0.2) is 17.9 Å². The molecule has 0 saturated heterocycles. The number of hydrogen-bond donors (Lipinski definition) is 4. The van der Waals surface area contributed by atoms with E-state index in [0.717, 1.165) is 5.56 Å². The molecule has 0 saturated carbocycles. The van der Waals surface area contributed by atoms with Gasteiger partial charge in [-0.15, -0.1) is 0 Å². The van der Waals surface area contributed by atoms with Crippen molar-refractivity contribution in [2.24, 2.45) is 4.99 Å². The summed E-state index contributed by atoms with van der Waals surface area (Å²) in [6.07, 6.45) is -0.480. The van der Waals surface area contributed by atoms with Crippen molar-refractivity contribution in [3.63, 3.8) is 0 Å². The van der Waals surface area contributed by atoms with Crippen molar-refractivity contribution in [2.45, 2.75) is 45.1 Å². The summed E-state index contributed by atoms with van der Waals surface area (Å²) in [6.45, 7) is 11.1. The number of ether oxygens (including phenoxy) is 1. The first-order valence-corrected chi connectivity index (χ1v) is 11.1. The second kappa shape index (κ2) is 11.6. The molecule has 0 bridgehead atoms. The number of hydrogen-bond acceptors (Lipinski definition) is 5. The predicted octanol–water partition coefficient (Wildman–Crippen LogP) is 1.35. The van der Waals surface area contributed by atoms with Crippen molar-refractivity contribution in [3.8, 4) is 0 Å². The topological polar surface area (TPSA) is 121 Å². The number of amides is 1. The summed E-state index contributed by atoms with van der Waals surface area (Å²) < 4.78 is 32.2. The molecule has 0 heterocycles. The van der Waals surface area contributed by atoms with E-state index < -0.39 is 21.7 Å². The van der Waals surface area contributed by atoms with Crippen molar-refractivity contribution in [2.75, 3.05) is 32.7 Å². The molecule has 1 amide bonds. The predicted molar refractivity (Wildman–Crippen MR) is 115 cm³/mol. The number of sulfonamides is 1. The minimum absolute atomic E-state index is 0.170. The Kier molecular flexibility index (Phi) is 9.90. The van der Waals surface area contributed by atoms with E-state index in [-0.39, 0.29) is 18.0 Å². The second-order valence-electron chi connectivity index (χ2n) is 7.33. The molecule has 0 unspecified atom stereocenters. The van der Waals surface area contributed by atoms with Gasteiger partial charge in [0.25, 0.3) is 0 Å². The minimum Gasteiger partial charge on any atom is -0.444 e.